The molecule has 0 fully saturated rings. The van der Waals surface area contributed by atoms with Gasteiger partial charge in [0.2, 0.25) is 0 Å². The first-order chi connectivity index (χ1) is 8.80. The summed E-state index contributed by atoms with van der Waals surface area (Å²) in [6.07, 6.45) is -3.73. The number of alkyl halides is 3. The van der Waals surface area contributed by atoms with Gasteiger partial charge in [-0.1, -0.05) is 11.6 Å². The molecule has 0 unspecified atom stereocenters. The number of benzene rings is 1. The summed E-state index contributed by atoms with van der Waals surface area (Å²) in [5, 5.41) is 11.3. The molecule has 2 aromatic rings. The fourth-order valence-corrected chi connectivity index (χ4v) is 1.81. The number of carbonyl (C=O) groups excluding carboxylic acids is 1. The predicted octanol–water partition coefficient (Wildman–Crippen LogP) is 2.51. The van der Waals surface area contributed by atoms with Crippen molar-refractivity contribution in [3.8, 4) is 5.69 Å². The van der Waals surface area contributed by atoms with E-state index in [4.69, 9.17) is 11.6 Å². The highest BCUT2D eigenvalue weighted by Gasteiger charge is 2.35. The smallest absolute Gasteiger partial charge is 0.418 e. The topological polar surface area (TPSA) is 45.1 Å². The zero-order valence-electron chi connectivity index (χ0n) is 9.24. The molecule has 3 nitrogen and oxygen atoms in total. The molecular weight excluding hydrogens is 283 g/mol. The molecule has 0 bridgehead atoms. The summed E-state index contributed by atoms with van der Waals surface area (Å²) in [6, 6.07) is 6.41. The lowest BCUT2D eigenvalue weighted by molar-refractivity contribution is -0.256. The van der Waals surface area contributed by atoms with E-state index >= 15 is 0 Å². The number of aromatic nitrogens is 1. The zero-order valence-corrected chi connectivity index (χ0v) is 10.00. The van der Waals surface area contributed by atoms with Gasteiger partial charge < -0.3 is 14.5 Å². The standard InChI is InChI=1S/C12H7ClF3NO2/c13-7-1-3-8(4-2-7)17-6-5-9(12(14,15)16)10(17)11(18)19/h1-6H,(H,18,19)/p-1. The van der Waals surface area contributed by atoms with Crippen LogP contribution >= 0.6 is 11.6 Å². The third kappa shape index (κ3) is 2.58. The van der Waals surface area contributed by atoms with Crippen LogP contribution < -0.4 is 5.11 Å². The molecule has 0 saturated carbocycles. The number of rotatable bonds is 2. The molecule has 0 aliphatic heterocycles. The van der Waals surface area contributed by atoms with Crippen LogP contribution in [0.2, 0.25) is 5.02 Å². The molecule has 1 aromatic carbocycles. The third-order valence-electron chi connectivity index (χ3n) is 2.49. The first-order valence-corrected chi connectivity index (χ1v) is 5.44. The molecule has 2 rings (SSSR count). The molecular formula is C12H6ClF3NO2-. The Bertz CT molecular complexity index is 617. The lowest BCUT2D eigenvalue weighted by Crippen LogP contribution is -2.28. The Morgan fingerprint density at radius 1 is 1.16 bits per heavy atom. The summed E-state index contributed by atoms with van der Waals surface area (Å²) in [7, 11) is 0. The number of aromatic carboxylic acids is 1. The quantitative estimate of drug-likeness (QED) is 0.852. The van der Waals surface area contributed by atoms with E-state index < -0.39 is 23.4 Å². The number of halogens is 4. The maximum absolute atomic E-state index is 12.7. The van der Waals surface area contributed by atoms with Crippen LogP contribution in [0.5, 0.6) is 0 Å². The molecule has 1 aromatic heterocycles. The number of hydrogen-bond donors (Lipinski definition) is 0. The summed E-state index contributed by atoms with van der Waals surface area (Å²) in [6.45, 7) is 0. The van der Waals surface area contributed by atoms with Crippen LogP contribution in [0.4, 0.5) is 13.2 Å². The van der Waals surface area contributed by atoms with E-state index in [1.54, 1.807) is 0 Å². The summed E-state index contributed by atoms with van der Waals surface area (Å²) >= 11 is 5.66. The SMILES string of the molecule is O=C([O-])c1c(C(F)(F)F)ccn1-c1ccc(Cl)cc1. The summed E-state index contributed by atoms with van der Waals surface area (Å²) in [5.74, 6) is -1.90. The zero-order chi connectivity index (χ0) is 14.2. The van der Waals surface area contributed by atoms with E-state index in [9.17, 15) is 23.1 Å². The number of carboxylic acid groups (broad SMARTS) is 1. The van der Waals surface area contributed by atoms with E-state index in [-0.39, 0.29) is 5.69 Å². The Morgan fingerprint density at radius 2 is 1.74 bits per heavy atom. The van der Waals surface area contributed by atoms with Crippen molar-refractivity contribution in [2.24, 2.45) is 0 Å². The average Bonchev–Trinajstić information content (AvgIpc) is 2.74. The first kappa shape index (κ1) is 13.5. The molecule has 0 atom stereocenters. The van der Waals surface area contributed by atoms with Crippen molar-refractivity contribution in [3.63, 3.8) is 0 Å². The van der Waals surface area contributed by atoms with Crippen LogP contribution in [-0.2, 0) is 6.18 Å². The van der Waals surface area contributed by atoms with Gasteiger partial charge in [0.05, 0.1) is 17.2 Å². The fourth-order valence-electron chi connectivity index (χ4n) is 1.69. The van der Waals surface area contributed by atoms with Crippen LogP contribution in [0.1, 0.15) is 16.1 Å². The van der Waals surface area contributed by atoms with Gasteiger partial charge in [0.25, 0.3) is 0 Å². The molecule has 19 heavy (non-hydrogen) atoms. The molecule has 0 aliphatic carbocycles. The molecule has 0 amide bonds. The van der Waals surface area contributed by atoms with Gasteiger partial charge in [-0.15, -0.1) is 0 Å². The molecule has 0 spiro atoms. The maximum Gasteiger partial charge on any atom is 0.418 e. The largest absolute Gasteiger partial charge is 0.543 e. The fraction of sp³-hybridized carbons (Fsp3) is 0.0833. The number of carboxylic acids is 1. The van der Waals surface area contributed by atoms with Crippen molar-refractivity contribution in [2.75, 3.05) is 0 Å². The van der Waals surface area contributed by atoms with Crippen molar-refractivity contribution >= 4 is 17.6 Å². The van der Waals surface area contributed by atoms with Gasteiger partial charge in [0, 0.05) is 16.9 Å². The van der Waals surface area contributed by atoms with Gasteiger partial charge in [-0.05, 0) is 30.3 Å². The summed E-state index contributed by atoms with van der Waals surface area (Å²) < 4.78 is 38.9. The lowest BCUT2D eigenvalue weighted by Gasteiger charge is -2.14. The Balaban J connectivity index is 2.62. The van der Waals surface area contributed by atoms with E-state index in [1.807, 2.05) is 0 Å². The van der Waals surface area contributed by atoms with E-state index in [0.29, 0.717) is 11.1 Å². The predicted molar refractivity (Wildman–Crippen MR) is 60.1 cm³/mol. The van der Waals surface area contributed by atoms with Gasteiger partial charge in [-0.3, -0.25) is 0 Å². The van der Waals surface area contributed by atoms with Crippen LogP contribution in [-0.4, -0.2) is 10.5 Å². The van der Waals surface area contributed by atoms with Gasteiger partial charge in [0.15, 0.2) is 0 Å². The molecule has 0 radical (unpaired) electrons. The van der Waals surface area contributed by atoms with Gasteiger partial charge in [-0.25, -0.2) is 0 Å². The van der Waals surface area contributed by atoms with Crippen molar-refractivity contribution in [1.29, 1.82) is 0 Å². The molecule has 0 aliphatic rings. The second kappa shape index (κ2) is 4.62. The minimum atomic E-state index is -4.76. The number of carbonyl (C=O) groups is 1. The van der Waals surface area contributed by atoms with Crippen molar-refractivity contribution in [3.05, 3.63) is 52.8 Å². The Labute approximate surface area is 110 Å². The van der Waals surface area contributed by atoms with Crippen LogP contribution in [0.25, 0.3) is 5.69 Å². The highest BCUT2D eigenvalue weighted by molar-refractivity contribution is 6.30. The summed E-state index contributed by atoms with van der Waals surface area (Å²) in [5.41, 5.74) is -1.93. The van der Waals surface area contributed by atoms with Gasteiger partial charge in [0.1, 0.15) is 0 Å². The highest BCUT2D eigenvalue weighted by atomic mass is 35.5. The van der Waals surface area contributed by atoms with E-state index in [1.165, 1.54) is 24.3 Å². The maximum atomic E-state index is 12.7. The van der Waals surface area contributed by atoms with Crippen molar-refractivity contribution < 1.29 is 23.1 Å². The first-order valence-electron chi connectivity index (χ1n) is 5.06. The Hall–Kier alpha value is -1.95. The van der Waals surface area contributed by atoms with Crippen LogP contribution in [0.3, 0.4) is 0 Å². The van der Waals surface area contributed by atoms with E-state index in [2.05, 4.69) is 0 Å². The Morgan fingerprint density at radius 3 is 2.21 bits per heavy atom. The average molecular weight is 289 g/mol. The summed E-state index contributed by atoms with van der Waals surface area (Å²) in [4.78, 5) is 10.9. The molecule has 100 valence electrons. The monoisotopic (exact) mass is 288 g/mol. The van der Waals surface area contributed by atoms with Crippen LogP contribution in [0.15, 0.2) is 36.5 Å². The second-order valence-electron chi connectivity index (χ2n) is 3.71. The Kier molecular flexibility index (Phi) is 3.28. The van der Waals surface area contributed by atoms with Gasteiger partial charge >= 0.3 is 6.18 Å². The highest BCUT2D eigenvalue weighted by Crippen LogP contribution is 2.33. The lowest BCUT2D eigenvalue weighted by atomic mass is 10.2. The minimum absolute atomic E-state index is 0.249. The molecule has 7 heteroatoms. The van der Waals surface area contributed by atoms with Crippen LogP contribution in [0, 0.1) is 0 Å². The van der Waals surface area contributed by atoms with Crippen molar-refractivity contribution in [2.45, 2.75) is 6.18 Å². The molecule has 0 N–H and O–H groups in total. The number of hydrogen-bond acceptors (Lipinski definition) is 2. The normalized spacial score (nSPS) is 11.6. The van der Waals surface area contributed by atoms with Crippen molar-refractivity contribution in [1.82, 2.24) is 4.57 Å². The minimum Gasteiger partial charge on any atom is -0.543 e. The second-order valence-corrected chi connectivity index (χ2v) is 4.15. The van der Waals surface area contributed by atoms with Gasteiger partial charge in [-0.2, -0.15) is 13.2 Å². The number of nitrogens with zero attached hydrogens (tertiary/aromatic N) is 1. The molecule has 0 saturated heterocycles. The molecule has 1 heterocycles. The third-order valence-corrected chi connectivity index (χ3v) is 2.74. The van der Waals surface area contributed by atoms with E-state index in [0.717, 1.165) is 10.8 Å².